The number of anilines is 1. The van der Waals surface area contributed by atoms with Crippen LogP contribution in [0.2, 0.25) is 0 Å². The van der Waals surface area contributed by atoms with Gasteiger partial charge < -0.3 is 14.8 Å². The number of esters is 1. The van der Waals surface area contributed by atoms with E-state index in [0.29, 0.717) is 12.3 Å². The second kappa shape index (κ2) is 5.33. The zero-order chi connectivity index (χ0) is 15.0. The number of nitrogens with one attached hydrogen (secondary N) is 1. The Morgan fingerprint density at radius 3 is 3.10 bits per heavy atom. The fraction of sp³-hybridized carbons (Fsp3) is 0.500. The molecule has 0 radical (unpaired) electrons. The van der Waals surface area contributed by atoms with Crippen LogP contribution in [0.15, 0.2) is 18.2 Å². The zero-order valence-corrected chi connectivity index (χ0v) is 11.6. The van der Waals surface area contributed by atoms with E-state index in [2.05, 4.69) is 5.32 Å². The Labute approximate surface area is 121 Å². The van der Waals surface area contributed by atoms with Gasteiger partial charge in [-0.1, -0.05) is 12.1 Å². The standard InChI is InChI=1S/C14H16N2O5/c1-2-20-14(17)12-9-6-7-21-13(9)8-4-3-5-10(16(18)19)11(8)15-12/h3-5,9,12-13,15H,2,6-7H2,1H3/t9-,12-,13+/m0/s1. The topological polar surface area (TPSA) is 90.7 Å². The first kappa shape index (κ1) is 13.8. The number of hydrogen-bond donors (Lipinski definition) is 1. The summed E-state index contributed by atoms with van der Waals surface area (Å²) in [5.74, 6) is -0.444. The van der Waals surface area contributed by atoms with Crippen molar-refractivity contribution < 1.29 is 19.2 Å². The number of nitrogens with zero attached hydrogens (tertiary/aromatic N) is 1. The number of benzene rings is 1. The number of rotatable bonds is 3. The van der Waals surface area contributed by atoms with Crippen molar-refractivity contribution in [2.24, 2.45) is 5.92 Å². The predicted molar refractivity (Wildman–Crippen MR) is 73.9 cm³/mol. The maximum Gasteiger partial charge on any atom is 0.328 e. The van der Waals surface area contributed by atoms with Gasteiger partial charge in [0.25, 0.3) is 5.69 Å². The van der Waals surface area contributed by atoms with Crippen molar-refractivity contribution in [3.05, 3.63) is 33.9 Å². The lowest BCUT2D eigenvalue weighted by Crippen LogP contribution is -2.43. The number of fused-ring (bicyclic) bond motifs is 3. The number of nitro benzene ring substituents is 1. The molecule has 1 aromatic rings. The third-order valence-corrected chi connectivity index (χ3v) is 3.98. The summed E-state index contributed by atoms with van der Waals surface area (Å²) < 4.78 is 10.8. The average Bonchev–Trinajstić information content (AvgIpc) is 2.95. The van der Waals surface area contributed by atoms with E-state index in [1.807, 2.05) is 0 Å². The van der Waals surface area contributed by atoms with E-state index >= 15 is 0 Å². The summed E-state index contributed by atoms with van der Waals surface area (Å²) in [5, 5.41) is 14.2. The summed E-state index contributed by atoms with van der Waals surface area (Å²) in [4.78, 5) is 22.8. The summed E-state index contributed by atoms with van der Waals surface area (Å²) in [6.45, 7) is 2.55. The molecule has 0 amide bonds. The minimum atomic E-state index is -0.606. The van der Waals surface area contributed by atoms with Crippen molar-refractivity contribution in [1.29, 1.82) is 0 Å². The number of carbonyl (C=O) groups is 1. The molecule has 1 aromatic carbocycles. The zero-order valence-electron chi connectivity index (χ0n) is 11.6. The lowest BCUT2D eigenvalue weighted by Gasteiger charge is -2.34. The van der Waals surface area contributed by atoms with Crippen LogP contribution in [0, 0.1) is 16.0 Å². The molecule has 0 saturated carbocycles. The molecule has 7 nitrogen and oxygen atoms in total. The van der Waals surface area contributed by atoms with Crippen molar-refractivity contribution in [3.8, 4) is 0 Å². The summed E-state index contributed by atoms with van der Waals surface area (Å²) in [5.41, 5.74) is 1.06. The monoisotopic (exact) mass is 292 g/mol. The van der Waals surface area contributed by atoms with Crippen molar-refractivity contribution in [2.75, 3.05) is 18.5 Å². The van der Waals surface area contributed by atoms with Crippen LogP contribution >= 0.6 is 0 Å². The minimum absolute atomic E-state index is 0.0456. The fourth-order valence-corrected chi connectivity index (χ4v) is 3.10. The number of hydrogen-bond acceptors (Lipinski definition) is 6. The number of nitro groups is 1. The van der Waals surface area contributed by atoms with Gasteiger partial charge in [-0.05, 0) is 13.3 Å². The van der Waals surface area contributed by atoms with E-state index in [-0.39, 0.29) is 30.3 Å². The highest BCUT2D eigenvalue weighted by Crippen LogP contribution is 2.47. The Kier molecular flexibility index (Phi) is 3.50. The molecule has 21 heavy (non-hydrogen) atoms. The molecule has 0 aliphatic carbocycles. The number of ether oxygens (including phenoxy) is 2. The van der Waals surface area contributed by atoms with Gasteiger partial charge in [0, 0.05) is 24.2 Å². The van der Waals surface area contributed by atoms with Crippen LogP contribution in [0.5, 0.6) is 0 Å². The van der Waals surface area contributed by atoms with Crippen molar-refractivity contribution in [2.45, 2.75) is 25.5 Å². The van der Waals surface area contributed by atoms with Crippen LogP contribution in [0.3, 0.4) is 0 Å². The molecule has 0 bridgehead atoms. The van der Waals surface area contributed by atoms with Gasteiger partial charge in [0.1, 0.15) is 11.7 Å². The summed E-state index contributed by atoms with van der Waals surface area (Å²) in [7, 11) is 0. The molecule has 2 heterocycles. The van der Waals surface area contributed by atoms with Crippen LogP contribution in [0.4, 0.5) is 11.4 Å². The molecule has 1 N–H and O–H groups in total. The molecular formula is C14H16N2O5. The first-order valence-electron chi connectivity index (χ1n) is 6.95. The van der Waals surface area contributed by atoms with Gasteiger partial charge in [0.15, 0.2) is 0 Å². The van der Waals surface area contributed by atoms with Crippen LogP contribution in [-0.2, 0) is 14.3 Å². The lowest BCUT2D eigenvalue weighted by molar-refractivity contribution is -0.384. The molecule has 2 aliphatic heterocycles. The fourth-order valence-electron chi connectivity index (χ4n) is 3.10. The summed E-state index contributed by atoms with van der Waals surface area (Å²) in [6, 6.07) is 4.26. The smallest absolute Gasteiger partial charge is 0.328 e. The van der Waals surface area contributed by atoms with Crippen LogP contribution in [0.1, 0.15) is 25.0 Å². The van der Waals surface area contributed by atoms with E-state index in [1.165, 1.54) is 6.07 Å². The SMILES string of the molecule is CCOC(=O)[C@H]1Nc2c(cccc2[N+](=O)[O-])[C@H]2OCC[C@@H]12. The highest BCUT2D eigenvalue weighted by Gasteiger charge is 2.46. The van der Waals surface area contributed by atoms with Crippen LogP contribution < -0.4 is 5.32 Å². The third kappa shape index (κ3) is 2.23. The second-order valence-electron chi connectivity index (χ2n) is 5.12. The maximum atomic E-state index is 12.1. The van der Waals surface area contributed by atoms with Gasteiger partial charge in [0.2, 0.25) is 0 Å². The molecule has 0 unspecified atom stereocenters. The Morgan fingerprint density at radius 1 is 1.57 bits per heavy atom. The van der Waals surface area contributed by atoms with E-state index in [4.69, 9.17) is 9.47 Å². The molecule has 0 spiro atoms. The van der Waals surface area contributed by atoms with E-state index in [1.54, 1.807) is 19.1 Å². The second-order valence-corrected chi connectivity index (χ2v) is 5.12. The Hall–Kier alpha value is -2.15. The van der Waals surface area contributed by atoms with E-state index < -0.39 is 11.0 Å². The van der Waals surface area contributed by atoms with Gasteiger partial charge in [-0.25, -0.2) is 4.79 Å². The molecule has 7 heteroatoms. The summed E-state index contributed by atoms with van der Waals surface area (Å²) in [6.07, 6.45) is 0.430. The molecule has 3 rings (SSSR count). The quantitative estimate of drug-likeness (QED) is 0.521. The van der Waals surface area contributed by atoms with Gasteiger partial charge in [-0.15, -0.1) is 0 Å². The maximum absolute atomic E-state index is 12.1. The third-order valence-electron chi connectivity index (χ3n) is 3.98. The Balaban J connectivity index is 2.04. The van der Waals surface area contributed by atoms with E-state index in [9.17, 15) is 14.9 Å². The highest BCUT2D eigenvalue weighted by molar-refractivity contribution is 5.84. The molecule has 1 saturated heterocycles. The summed E-state index contributed by atoms with van der Waals surface area (Å²) >= 11 is 0. The largest absolute Gasteiger partial charge is 0.464 e. The first-order valence-corrected chi connectivity index (χ1v) is 6.95. The van der Waals surface area contributed by atoms with Crippen molar-refractivity contribution in [3.63, 3.8) is 0 Å². The normalized spacial score (nSPS) is 26.4. The number of para-hydroxylation sites is 1. The lowest BCUT2D eigenvalue weighted by atomic mass is 9.84. The van der Waals surface area contributed by atoms with Crippen molar-refractivity contribution >= 4 is 17.3 Å². The molecule has 112 valence electrons. The predicted octanol–water partition coefficient (Wildman–Crippen LogP) is 2.03. The minimum Gasteiger partial charge on any atom is -0.464 e. The van der Waals surface area contributed by atoms with Gasteiger partial charge >= 0.3 is 5.97 Å². The molecule has 3 atom stereocenters. The van der Waals surface area contributed by atoms with Gasteiger partial charge in [0.05, 0.1) is 17.6 Å². The van der Waals surface area contributed by atoms with Gasteiger partial charge in [-0.2, -0.15) is 0 Å². The van der Waals surface area contributed by atoms with Crippen molar-refractivity contribution in [1.82, 2.24) is 0 Å². The first-order chi connectivity index (χ1) is 10.1. The molecule has 2 aliphatic rings. The van der Waals surface area contributed by atoms with Gasteiger partial charge in [-0.3, -0.25) is 10.1 Å². The average molecular weight is 292 g/mol. The molecule has 0 aromatic heterocycles. The number of carbonyl (C=O) groups excluding carboxylic acids is 1. The Morgan fingerprint density at radius 2 is 2.38 bits per heavy atom. The van der Waals surface area contributed by atoms with Crippen LogP contribution in [-0.4, -0.2) is 30.1 Å². The van der Waals surface area contributed by atoms with E-state index in [0.717, 1.165) is 12.0 Å². The Bertz CT molecular complexity index is 589. The van der Waals surface area contributed by atoms with Crippen LogP contribution in [0.25, 0.3) is 0 Å². The highest BCUT2D eigenvalue weighted by atomic mass is 16.6. The molecular weight excluding hydrogens is 276 g/mol. The molecule has 1 fully saturated rings.